The Hall–Kier alpha value is -2.99. The summed E-state index contributed by atoms with van der Waals surface area (Å²) in [5.74, 6) is 0.487. The Bertz CT molecular complexity index is 1250. The van der Waals surface area contributed by atoms with Crippen molar-refractivity contribution in [2.75, 3.05) is 11.4 Å². The summed E-state index contributed by atoms with van der Waals surface area (Å²) in [6, 6.07) is 22.4. The van der Waals surface area contributed by atoms with Crippen molar-refractivity contribution in [1.82, 2.24) is 9.55 Å². The van der Waals surface area contributed by atoms with Gasteiger partial charge in [0.25, 0.3) is 0 Å². The molecule has 1 aliphatic rings. The second kappa shape index (κ2) is 7.69. The summed E-state index contributed by atoms with van der Waals surface area (Å²) in [7, 11) is 0. The zero-order valence-electron chi connectivity index (χ0n) is 16.1. The van der Waals surface area contributed by atoms with Gasteiger partial charge in [0.15, 0.2) is 0 Å². The highest BCUT2D eigenvalue weighted by molar-refractivity contribution is 9.10. The van der Waals surface area contributed by atoms with E-state index < -0.39 is 0 Å². The summed E-state index contributed by atoms with van der Waals surface area (Å²) < 4.78 is 16.9. The Morgan fingerprint density at radius 3 is 2.70 bits per heavy atom. The van der Waals surface area contributed by atoms with E-state index in [1.54, 1.807) is 17.0 Å². The molecule has 3 aromatic carbocycles. The van der Waals surface area contributed by atoms with E-state index in [-0.39, 0.29) is 17.6 Å². The minimum absolute atomic E-state index is 0.00772. The summed E-state index contributed by atoms with van der Waals surface area (Å²) >= 11 is 3.54. The Morgan fingerprint density at radius 2 is 1.87 bits per heavy atom. The topological polar surface area (TPSA) is 38.1 Å². The molecular weight excluding hydrogens is 445 g/mol. The summed E-state index contributed by atoms with van der Waals surface area (Å²) in [4.78, 5) is 19.3. The number of hydrogen-bond acceptors (Lipinski definition) is 2. The molecule has 1 unspecified atom stereocenters. The van der Waals surface area contributed by atoms with Crippen molar-refractivity contribution < 1.29 is 9.18 Å². The molecule has 0 radical (unpaired) electrons. The number of hydrogen-bond donors (Lipinski definition) is 0. The van der Waals surface area contributed by atoms with Gasteiger partial charge in [-0.2, -0.15) is 0 Å². The van der Waals surface area contributed by atoms with Crippen LogP contribution in [0.5, 0.6) is 0 Å². The zero-order chi connectivity index (χ0) is 20.7. The highest BCUT2D eigenvalue weighted by atomic mass is 79.9. The number of nitrogens with zero attached hydrogens (tertiary/aromatic N) is 3. The first-order valence-electron chi connectivity index (χ1n) is 9.84. The maximum Gasteiger partial charge on any atom is 0.227 e. The maximum absolute atomic E-state index is 13.7. The largest absolute Gasteiger partial charge is 0.323 e. The lowest BCUT2D eigenvalue weighted by Crippen LogP contribution is -2.24. The molecule has 1 aliphatic heterocycles. The third-order valence-electron chi connectivity index (χ3n) is 5.52. The molecule has 4 nitrogen and oxygen atoms in total. The van der Waals surface area contributed by atoms with Gasteiger partial charge < -0.3 is 9.47 Å². The lowest BCUT2D eigenvalue weighted by Gasteiger charge is -2.17. The average Bonchev–Trinajstić information content (AvgIpc) is 3.29. The normalized spacial score (nSPS) is 16.5. The number of halogens is 2. The second-order valence-corrected chi connectivity index (χ2v) is 8.48. The molecule has 1 fully saturated rings. The number of para-hydroxylation sites is 2. The molecule has 0 spiro atoms. The molecule has 5 rings (SSSR count). The zero-order valence-corrected chi connectivity index (χ0v) is 17.7. The van der Waals surface area contributed by atoms with Crippen LogP contribution in [0, 0.1) is 5.82 Å². The molecule has 1 amide bonds. The van der Waals surface area contributed by atoms with E-state index >= 15 is 0 Å². The molecular formula is C24H19BrFN3O. The Labute approximate surface area is 182 Å². The number of imidazole rings is 1. The van der Waals surface area contributed by atoms with Crippen molar-refractivity contribution >= 4 is 38.6 Å². The number of carbonyl (C=O) groups excluding carboxylic acids is 1. The first kappa shape index (κ1) is 19.0. The van der Waals surface area contributed by atoms with Crippen LogP contribution in [0.25, 0.3) is 11.0 Å². The average molecular weight is 464 g/mol. The van der Waals surface area contributed by atoms with E-state index in [1.165, 1.54) is 12.1 Å². The summed E-state index contributed by atoms with van der Waals surface area (Å²) in [5, 5.41) is 0. The molecule has 150 valence electrons. The van der Waals surface area contributed by atoms with Crippen molar-refractivity contribution in [2.24, 2.45) is 0 Å². The van der Waals surface area contributed by atoms with Crippen LogP contribution in [0.3, 0.4) is 0 Å². The van der Waals surface area contributed by atoms with Crippen LogP contribution in [0.4, 0.5) is 10.1 Å². The van der Waals surface area contributed by atoms with Crippen molar-refractivity contribution in [2.45, 2.75) is 18.9 Å². The Kier molecular flexibility index (Phi) is 4.87. The number of aromatic nitrogens is 2. The van der Waals surface area contributed by atoms with Crippen LogP contribution in [0.15, 0.2) is 77.3 Å². The highest BCUT2D eigenvalue weighted by Gasteiger charge is 2.35. The number of anilines is 1. The first-order chi connectivity index (χ1) is 14.6. The van der Waals surface area contributed by atoms with Crippen molar-refractivity contribution in [3.8, 4) is 0 Å². The fourth-order valence-electron chi connectivity index (χ4n) is 4.16. The van der Waals surface area contributed by atoms with E-state index in [1.807, 2.05) is 30.3 Å². The van der Waals surface area contributed by atoms with Crippen LogP contribution in [0.2, 0.25) is 0 Å². The first-order valence-corrected chi connectivity index (χ1v) is 10.6. The fourth-order valence-corrected chi connectivity index (χ4v) is 4.61. The SMILES string of the molecule is O=C1CC(c2nc3ccccc3n2Cc2cccc(Br)c2)CN1c1cccc(F)c1. The lowest BCUT2D eigenvalue weighted by atomic mass is 10.1. The third kappa shape index (κ3) is 3.52. The van der Waals surface area contributed by atoms with E-state index in [9.17, 15) is 9.18 Å². The van der Waals surface area contributed by atoms with Crippen LogP contribution in [-0.2, 0) is 11.3 Å². The third-order valence-corrected chi connectivity index (χ3v) is 6.02. The minimum atomic E-state index is -0.342. The van der Waals surface area contributed by atoms with Gasteiger partial charge in [0.2, 0.25) is 5.91 Å². The molecule has 4 aromatic rings. The number of rotatable bonds is 4. The predicted octanol–water partition coefficient (Wildman–Crippen LogP) is 5.51. The molecule has 0 saturated carbocycles. The monoisotopic (exact) mass is 463 g/mol. The van der Waals surface area contributed by atoms with Crippen LogP contribution in [0.1, 0.15) is 23.7 Å². The smallest absolute Gasteiger partial charge is 0.227 e. The molecule has 0 aliphatic carbocycles. The molecule has 6 heteroatoms. The van der Waals surface area contributed by atoms with Gasteiger partial charge in [0.05, 0.1) is 11.0 Å². The van der Waals surface area contributed by atoms with Crippen LogP contribution in [-0.4, -0.2) is 22.0 Å². The van der Waals surface area contributed by atoms with Crippen molar-refractivity contribution in [1.29, 1.82) is 0 Å². The predicted molar refractivity (Wildman–Crippen MR) is 119 cm³/mol. The van der Waals surface area contributed by atoms with E-state index in [0.717, 1.165) is 26.9 Å². The van der Waals surface area contributed by atoms with Gasteiger partial charge in [-0.05, 0) is 48.0 Å². The van der Waals surface area contributed by atoms with Gasteiger partial charge in [-0.25, -0.2) is 9.37 Å². The van der Waals surface area contributed by atoms with Gasteiger partial charge in [-0.1, -0.05) is 46.3 Å². The molecule has 30 heavy (non-hydrogen) atoms. The maximum atomic E-state index is 13.7. The number of benzene rings is 3. The molecule has 0 N–H and O–H groups in total. The standard InChI is InChI=1S/C24H19BrFN3O/c25-18-6-3-5-16(11-18)14-29-22-10-2-1-9-21(22)27-24(29)17-12-23(30)28(15-17)20-8-4-7-19(26)13-20/h1-11,13,17H,12,14-15H2. The molecule has 1 atom stereocenters. The van der Waals surface area contributed by atoms with Crippen LogP contribution < -0.4 is 4.90 Å². The minimum Gasteiger partial charge on any atom is -0.323 e. The van der Waals surface area contributed by atoms with Gasteiger partial charge in [-0.3, -0.25) is 4.79 Å². The number of carbonyl (C=O) groups is 1. The summed E-state index contributed by atoms with van der Waals surface area (Å²) in [6.45, 7) is 1.16. The fraction of sp³-hybridized carbons (Fsp3) is 0.167. The van der Waals surface area contributed by atoms with Gasteiger partial charge >= 0.3 is 0 Å². The highest BCUT2D eigenvalue weighted by Crippen LogP contribution is 2.34. The van der Waals surface area contributed by atoms with Gasteiger partial charge in [-0.15, -0.1) is 0 Å². The quantitative estimate of drug-likeness (QED) is 0.400. The summed E-state index contributed by atoms with van der Waals surface area (Å²) in [6.07, 6.45) is 0.359. The van der Waals surface area contributed by atoms with Gasteiger partial charge in [0, 0.05) is 35.6 Å². The van der Waals surface area contributed by atoms with E-state index in [2.05, 4.69) is 38.7 Å². The van der Waals surface area contributed by atoms with E-state index in [0.29, 0.717) is 25.2 Å². The second-order valence-electron chi connectivity index (χ2n) is 7.56. The van der Waals surface area contributed by atoms with Gasteiger partial charge in [0.1, 0.15) is 11.6 Å². The van der Waals surface area contributed by atoms with E-state index in [4.69, 9.17) is 4.98 Å². The number of amides is 1. The molecule has 1 saturated heterocycles. The van der Waals surface area contributed by atoms with Crippen molar-refractivity contribution in [3.63, 3.8) is 0 Å². The summed E-state index contributed by atoms with van der Waals surface area (Å²) in [5.41, 5.74) is 3.71. The molecule has 1 aromatic heterocycles. The Morgan fingerprint density at radius 1 is 1.03 bits per heavy atom. The van der Waals surface area contributed by atoms with Crippen LogP contribution >= 0.6 is 15.9 Å². The molecule has 2 heterocycles. The Balaban J connectivity index is 1.53. The molecule has 0 bridgehead atoms. The van der Waals surface area contributed by atoms with Crippen molar-refractivity contribution in [3.05, 3.63) is 94.5 Å². The lowest BCUT2D eigenvalue weighted by molar-refractivity contribution is -0.117. The number of fused-ring (bicyclic) bond motifs is 1.